The van der Waals surface area contributed by atoms with Gasteiger partial charge in [0.15, 0.2) is 11.5 Å². The Balaban J connectivity index is 1.52. The van der Waals surface area contributed by atoms with Gasteiger partial charge in [-0.25, -0.2) is 4.98 Å². The molecule has 0 saturated carbocycles. The Labute approximate surface area is 117 Å². The maximum absolute atomic E-state index is 5.70. The van der Waals surface area contributed by atoms with Crippen LogP contribution in [0.4, 0.5) is 5.82 Å². The second kappa shape index (κ2) is 4.96. The predicted octanol–water partition coefficient (Wildman–Crippen LogP) is 1.89. The highest BCUT2D eigenvalue weighted by atomic mass is 16.7. The lowest BCUT2D eigenvalue weighted by Crippen LogP contribution is -2.25. The Kier molecular flexibility index (Phi) is 3.27. The van der Waals surface area contributed by atoms with E-state index in [0.29, 0.717) is 19.0 Å². The highest BCUT2D eigenvalue weighted by molar-refractivity contribution is 5.43. The number of pyridine rings is 1. The van der Waals surface area contributed by atoms with Crippen LogP contribution in [0.1, 0.15) is 13.8 Å². The molecular weight excluding hydrogens is 260 g/mol. The zero-order valence-corrected chi connectivity index (χ0v) is 11.6. The van der Waals surface area contributed by atoms with E-state index >= 15 is 0 Å². The van der Waals surface area contributed by atoms with Gasteiger partial charge in [0.2, 0.25) is 6.23 Å². The smallest absolute Gasteiger partial charge is 0.228 e. The third-order valence-corrected chi connectivity index (χ3v) is 3.02. The Morgan fingerprint density at radius 3 is 3.00 bits per heavy atom. The molecule has 6 nitrogen and oxygen atoms in total. The van der Waals surface area contributed by atoms with E-state index in [2.05, 4.69) is 16.9 Å². The highest BCUT2D eigenvalue weighted by Crippen LogP contribution is 2.27. The number of aromatic nitrogens is 1. The number of nitrogens with zero attached hydrogens (tertiary/aromatic N) is 1. The minimum absolute atomic E-state index is 0.0545. The molecule has 0 amide bonds. The van der Waals surface area contributed by atoms with Gasteiger partial charge in [-0.15, -0.1) is 0 Å². The Bertz CT molecular complexity index is 518. The topological polar surface area (TPSA) is 65.1 Å². The third kappa shape index (κ3) is 3.20. The maximum Gasteiger partial charge on any atom is 0.228 e. The summed E-state index contributed by atoms with van der Waals surface area (Å²) >= 11 is 0. The van der Waals surface area contributed by atoms with Crippen LogP contribution < -0.4 is 10.1 Å². The molecule has 0 radical (unpaired) electrons. The fourth-order valence-electron chi connectivity index (χ4n) is 1.98. The van der Waals surface area contributed by atoms with Gasteiger partial charge >= 0.3 is 0 Å². The normalized spacial score (nSPS) is 27.0. The zero-order chi connectivity index (χ0) is 14.2. The SMILES string of the molecule is C=C1OC1Nc1cc(OCC2COC(C)(C)O2)ccn1. The molecule has 1 N–H and O–H groups in total. The van der Waals surface area contributed by atoms with Gasteiger partial charge in [-0.2, -0.15) is 0 Å². The van der Waals surface area contributed by atoms with E-state index in [-0.39, 0.29) is 12.3 Å². The monoisotopic (exact) mass is 278 g/mol. The summed E-state index contributed by atoms with van der Waals surface area (Å²) in [6, 6.07) is 3.62. The molecule has 108 valence electrons. The molecule has 2 aliphatic heterocycles. The first-order valence-electron chi connectivity index (χ1n) is 6.54. The van der Waals surface area contributed by atoms with Gasteiger partial charge in [-0.3, -0.25) is 0 Å². The van der Waals surface area contributed by atoms with Crippen molar-refractivity contribution in [3.63, 3.8) is 0 Å². The second-order valence-corrected chi connectivity index (χ2v) is 5.25. The molecule has 2 atom stereocenters. The van der Waals surface area contributed by atoms with Gasteiger partial charge < -0.3 is 24.3 Å². The second-order valence-electron chi connectivity index (χ2n) is 5.25. The number of rotatable bonds is 5. The molecule has 2 aliphatic rings. The molecule has 1 aromatic heterocycles. The molecule has 2 saturated heterocycles. The van der Waals surface area contributed by atoms with E-state index in [1.54, 1.807) is 12.3 Å². The van der Waals surface area contributed by atoms with Crippen molar-refractivity contribution < 1.29 is 18.9 Å². The quantitative estimate of drug-likeness (QED) is 0.830. The van der Waals surface area contributed by atoms with Crippen LogP contribution in [0.5, 0.6) is 5.75 Å². The van der Waals surface area contributed by atoms with Crippen LogP contribution in [0, 0.1) is 0 Å². The van der Waals surface area contributed by atoms with Gasteiger partial charge in [0.05, 0.1) is 6.61 Å². The van der Waals surface area contributed by atoms with Gasteiger partial charge in [0.1, 0.15) is 24.3 Å². The summed E-state index contributed by atoms with van der Waals surface area (Å²) < 4.78 is 22.0. The molecule has 6 heteroatoms. The van der Waals surface area contributed by atoms with Crippen molar-refractivity contribution in [2.45, 2.75) is 32.0 Å². The summed E-state index contributed by atoms with van der Waals surface area (Å²) in [5.41, 5.74) is 0. The number of hydrogen-bond acceptors (Lipinski definition) is 6. The van der Waals surface area contributed by atoms with Crippen LogP contribution in [0.25, 0.3) is 0 Å². The molecule has 1 aromatic rings. The number of hydrogen-bond donors (Lipinski definition) is 1. The fraction of sp³-hybridized carbons (Fsp3) is 0.500. The lowest BCUT2D eigenvalue weighted by Gasteiger charge is -2.17. The van der Waals surface area contributed by atoms with Crippen LogP contribution in [0.3, 0.4) is 0 Å². The van der Waals surface area contributed by atoms with Gasteiger partial charge in [-0.1, -0.05) is 6.58 Å². The maximum atomic E-state index is 5.70. The Hall–Kier alpha value is -1.79. The van der Waals surface area contributed by atoms with Crippen LogP contribution in [0.2, 0.25) is 0 Å². The van der Waals surface area contributed by atoms with Crippen molar-refractivity contribution in [1.82, 2.24) is 4.98 Å². The van der Waals surface area contributed by atoms with Crippen LogP contribution >= 0.6 is 0 Å². The first kappa shape index (κ1) is 13.2. The van der Waals surface area contributed by atoms with E-state index in [1.807, 2.05) is 19.9 Å². The summed E-state index contributed by atoms with van der Waals surface area (Å²) in [6.45, 7) is 8.46. The lowest BCUT2D eigenvalue weighted by atomic mass is 10.4. The first-order valence-corrected chi connectivity index (χ1v) is 6.54. The largest absolute Gasteiger partial charge is 0.491 e. The third-order valence-electron chi connectivity index (χ3n) is 3.02. The van der Waals surface area contributed by atoms with Crippen LogP contribution in [-0.2, 0) is 14.2 Å². The van der Waals surface area contributed by atoms with Gasteiger partial charge in [0.25, 0.3) is 0 Å². The summed E-state index contributed by atoms with van der Waals surface area (Å²) in [5.74, 6) is 1.61. The highest BCUT2D eigenvalue weighted by Gasteiger charge is 2.33. The fourth-order valence-corrected chi connectivity index (χ4v) is 1.98. The van der Waals surface area contributed by atoms with E-state index in [4.69, 9.17) is 18.9 Å². The number of nitrogens with one attached hydrogen (secondary N) is 1. The summed E-state index contributed by atoms with van der Waals surface area (Å²) in [5, 5.41) is 3.08. The van der Waals surface area contributed by atoms with Crippen molar-refractivity contribution in [3.8, 4) is 5.75 Å². The molecular formula is C14H18N2O4. The minimum Gasteiger partial charge on any atom is -0.491 e. The van der Waals surface area contributed by atoms with Crippen molar-refractivity contribution in [3.05, 3.63) is 30.7 Å². The van der Waals surface area contributed by atoms with E-state index in [9.17, 15) is 0 Å². The summed E-state index contributed by atoms with van der Waals surface area (Å²) in [7, 11) is 0. The molecule has 20 heavy (non-hydrogen) atoms. The van der Waals surface area contributed by atoms with E-state index in [0.717, 1.165) is 11.5 Å². The molecule has 0 bridgehead atoms. The molecule has 0 spiro atoms. The predicted molar refractivity (Wildman–Crippen MR) is 72.3 cm³/mol. The molecule has 3 rings (SSSR count). The molecule has 3 heterocycles. The van der Waals surface area contributed by atoms with Crippen molar-refractivity contribution in [2.75, 3.05) is 18.5 Å². The van der Waals surface area contributed by atoms with Crippen molar-refractivity contribution >= 4 is 5.82 Å². The van der Waals surface area contributed by atoms with Crippen molar-refractivity contribution in [1.29, 1.82) is 0 Å². The molecule has 2 unspecified atom stereocenters. The van der Waals surface area contributed by atoms with Crippen molar-refractivity contribution in [2.24, 2.45) is 0 Å². The first-order chi connectivity index (χ1) is 9.52. The number of ether oxygens (including phenoxy) is 4. The van der Waals surface area contributed by atoms with Gasteiger partial charge in [0, 0.05) is 12.3 Å². The average molecular weight is 278 g/mol. The molecule has 0 aromatic carbocycles. The molecule has 2 fully saturated rings. The van der Waals surface area contributed by atoms with Crippen LogP contribution in [-0.4, -0.2) is 36.3 Å². The summed E-state index contributed by atoms with van der Waals surface area (Å²) in [4.78, 5) is 4.19. The lowest BCUT2D eigenvalue weighted by molar-refractivity contribution is -0.141. The molecule has 0 aliphatic carbocycles. The van der Waals surface area contributed by atoms with Crippen LogP contribution in [0.15, 0.2) is 30.7 Å². The Morgan fingerprint density at radius 1 is 1.55 bits per heavy atom. The number of anilines is 1. The minimum atomic E-state index is -0.525. The Morgan fingerprint density at radius 2 is 2.35 bits per heavy atom. The zero-order valence-electron chi connectivity index (χ0n) is 11.6. The van der Waals surface area contributed by atoms with E-state index < -0.39 is 5.79 Å². The van der Waals surface area contributed by atoms with Gasteiger partial charge in [-0.05, 0) is 19.9 Å². The van der Waals surface area contributed by atoms with E-state index in [1.165, 1.54) is 0 Å². The standard InChI is InChI=1S/C14H18N2O4/c1-9-13(19-9)16-12-6-10(4-5-15-12)17-7-11-8-18-14(2,3)20-11/h4-6,11,13H,1,7-8H2,2-3H3,(H,15,16). The average Bonchev–Trinajstić information content (AvgIpc) is 2.96. The summed E-state index contributed by atoms with van der Waals surface area (Å²) in [6.07, 6.45) is 1.49. The number of epoxide rings is 1.